The molecule has 2 N–H and O–H groups in total. The Morgan fingerprint density at radius 2 is 1.90 bits per heavy atom. The van der Waals surface area contributed by atoms with Gasteiger partial charge in [0, 0.05) is 49.5 Å². The number of ether oxygens (including phenoxy) is 3. The standard InChI is InChI=1S/C28H26F3N5O4/c1-36-15-19(24-21(36)12-22(38-2)26(35-24)39-3)20-11-18-17(9-10-33-25(18)34-20)13-32-14-23(16-7-5-4-6-8-16)40-27(37)28(29,30)31/h4-12,15,23,32H,13-14H2,1-3H3,(H,33,34). The van der Waals surface area contributed by atoms with Crippen LogP contribution in [0.4, 0.5) is 13.2 Å². The highest BCUT2D eigenvalue weighted by Gasteiger charge is 2.42. The highest BCUT2D eigenvalue weighted by molar-refractivity contribution is 5.96. The predicted molar refractivity (Wildman–Crippen MR) is 142 cm³/mol. The maximum Gasteiger partial charge on any atom is 0.490 e. The highest BCUT2D eigenvalue weighted by Crippen LogP contribution is 2.36. The van der Waals surface area contributed by atoms with Crippen molar-refractivity contribution in [3.63, 3.8) is 0 Å². The van der Waals surface area contributed by atoms with Crippen LogP contribution in [0.2, 0.25) is 0 Å². The normalized spacial score (nSPS) is 12.6. The van der Waals surface area contributed by atoms with Crippen molar-refractivity contribution < 1.29 is 32.2 Å². The summed E-state index contributed by atoms with van der Waals surface area (Å²) in [6, 6.07) is 13.9. The summed E-state index contributed by atoms with van der Waals surface area (Å²) in [5.41, 5.74) is 5.11. The number of benzene rings is 1. The van der Waals surface area contributed by atoms with Crippen molar-refractivity contribution in [3.8, 4) is 22.9 Å². The highest BCUT2D eigenvalue weighted by atomic mass is 19.4. The molecule has 0 radical (unpaired) electrons. The van der Waals surface area contributed by atoms with Crippen molar-refractivity contribution >= 4 is 28.0 Å². The second-order valence-corrected chi connectivity index (χ2v) is 9.07. The van der Waals surface area contributed by atoms with E-state index in [1.807, 2.05) is 36.0 Å². The number of carbonyl (C=O) groups is 1. The molecule has 1 atom stereocenters. The fourth-order valence-electron chi connectivity index (χ4n) is 4.56. The van der Waals surface area contributed by atoms with E-state index in [-0.39, 0.29) is 6.54 Å². The first kappa shape index (κ1) is 27.0. The third-order valence-corrected chi connectivity index (χ3v) is 6.52. The van der Waals surface area contributed by atoms with Crippen molar-refractivity contribution in [2.45, 2.75) is 18.8 Å². The number of carbonyl (C=O) groups excluding carboxylic acids is 1. The minimum atomic E-state index is -5.09. The third-order valence-electron chi connectivity index (χ3n) is 6.52. The summed E-state index contributed by atoms with van der Waals surface area (Å²) < 4.78 is 56.2. The number of fused-ring (bicyclic) bond motifs is 2. The molecule has 0 spiro atoms. The summed E-state index contributed by atoms with van der Waals surface area (Å²) in [6.45, 7) is 0.268. The van der Waals surface area contributed by atoms with E-state index in [0.717, 1.165) is 27.7 Å². The van der Waals surface area contributed by atoms with Crippen LogP contribution in [0.25, 0.3) is 33.3 Å². The lowest BCUT2D eigenvalue weighted by molar-refractivity contribution is -0.205. The first-order valence-electron chi connectivity index (χ1n) is 12.3. The topological polar surface area (TPSA) is 103 Å². The first-order valence-corrected chi connectivity index (χ1v) is 12.3. The zero-order valence-electron chi connectivity index (χ0n) is 21.9. The van der Waals surface area contributed by atoms with Gasteiger partial charge in [-0.2, -0.15) is 13.2 Å². The van der Waals surface area contributed by atoms with E-state index in [0.29, 0.717) is 34.9 Å². The number of aromatic amines is 1. The number of hydrogen-bond acceptors (Lipinski definition) is 7. The van der Waals surface area contributed by atoms with Crippen LogP contribution < -0.4 is 14.8 Å². The summed E-state index contributed by atoms with van der Waals surface area (Å²) in [4.78, 5) is 24.0. The number of rotatable bonds is 9. The van der Waals surface area contributed by atoms with Gasteiger partial charge in [0.25, 0.3) is 5.88 Å². The van der Waals surface area contributed by atoms with E-state index in [2.05, 4.69) is 20.3 Å². The average molecular weight is 554 g/mol. The van der Waals surface area contributed by atoms with E-state index in [9.17, 15) is 18.0 Å². The summed E-state index contributed by atoms with van der Waals surface area (Å²) in [5, 5.41) is 3.95. The van der Waals surface area contributed by atoms with Gasteiger partial charge in [0.1, 0.15) is 17.3 Å². The zero-order valence-corrected chi connectivity index (χ0v) is 21.9. The number of aromatic nitrogens is 4. The van der Waals surface area contributed by atoms with Gasteiger partial charge in [0.05, 0.1) is 25.4 Å². The molecule has 4 heterocycles. The minimum absolute atomic E-state index is 0.0260. The number of pyridine rings is 2. The monoisotopic (exact) mass is 553 g/mol. The second-order valence-electron chi connectivity index (χ2n) is 9.07. The van der Waals surface area contributed by atoms with Gasteiger partial charge in [-0.1, -0.05) is 30.3 Å². The van der Waals surface area contributed by atoms with Crippen molar-refractivity contribution in [2.24, 2.45) is 7.05 Å². The molecule has 9 nitrogen and oxygen atoms in total. The molecule has 0 bridgehead atoms. The van der Waals surface area contributed by atoms with Gasteiger partial charge < -0.3 is 29.1 Å². The Morgan fingerprint density at radius 1 is 1.12 bits per heavy atom. The van der Waals surface area contributed by atoms with E-state index in [1.54, 1.807) is 43.6 Å². The molecule has 0 saturated carbocycles. The minimum Gasteiger partial charge on any atom is -0.491 e. The van der Waals surface area contributed by atoms with Gasteiger partial charge in [-0.3, -0.25) is 0 Å². The SMILES string of the molecule is COc1cc2c(nc1OC)c(-c1cc3c(CNCC(OC(=O)C(F)(F)F)c4ccccc4)ccnc3[nH]1)cn2C. The molecule has 5 aromatic rings. The predicted octanol–water partition coefficient (Wildman–Crippen LogP) is 5.07. The number of halogens is 3. The number of esters is 1. The van der Waals surface area contributed by atoms with Crippen LogP contribution >= 0.6 is 0 Å². The molecule has 0 aliphatic carbocycles. The molecular formula is C28H26F3N5O4. The maximum atomic E-state index is 12.9. The lowest BCUT2D eigenvalue weighted by Gasteiger charge is -2.20. The summed E-state index contributed by atoms with van der Waals surface area (Å²) in [6.07, 6.45) is -2.62. The van der Waals surface area contributed by atoms with Crippen molar-refractivity contribution in [1.82, 2.24) is 24.8 Å². The van der Waals surface area contributed by atoms with Crippen LogP contribution in [-0.4, -0.2) is 52.4 Å². The summed E-state index contributed by atoms with van der Waals surface area (Å²) >= 11 is 0. The Kier molecular flexibility index (Phi) is 7.35. The van der Waals surface area contributed by atoms with Gasteiger partial charge in [0.15, 0.2) is 5.75 Å². The molecule has 40 heavy (non-hydrogen) atoms. The van der Waals surface area contributed by atoms with E-state index in [1.165, 1.54) is 7.11 Å². The third kappa shape index (κ3) is 5.30. The Bertz CT molecular complexity index is 1660. The number of H-pyrrole nitrogens is 1. The van der Waals surface area contributed by atoms with E-state index >= 15 is 0 Å². The van der Waals surface area contributed by atoms with Crippen LogP contribution in [-0.2, 0) is 23.1 Å². The molecule has 0 fully saturated rings. The summed E-state index contributed by atoms with van der Waals surface area (Å²) in [5.74, 6) is -1.35. The summed E-state index contributed by atoms with van der Waals surface area (Å²) in [7, 11) is 4.98. The van der Waals surface area contributed by atoms with Crippen LogP contribution in [0.1, 0.15) is 17.2 Å². The molecule has 208 valence electrons. The number of aryl methyl sites for hydroxylation is 1. The molecular weight excluding hydrogens is 527 g/mol. The largest absolute Gasteiger partial charge is 0.491 e. The number of alkyl halides is 3. The van der Waals surface area contributed by atoms with Crippen LogP contribution in [0, 0.1) is 0 Å². The number of hydrogen-bond donors (Lipinski definition) is 2. The van der Waals surface area contributed by atoms with Crippen LogP contribution in [0.5, 0.6) is 11.6 Å². The zero-order chi connectivity index (χ0) is 28.4. The first-order chi connectivity index (χ1) is 19.2. The molecule has 0 aliphatic rings. The Morgan fingerprint density at radius 3 is 2.60 bits per heavy atom. The van der Waals surface area contributed by atoms with Crippen molar-refractivity contribution in [3.05, 3.63) is 72.1 Å². The molecule has 0 saturated heterocycles. The molecule has 1 aromatic carbocycles. The van der Waals surface area contributed by atoms with Gasteiger partial charge in [-0.25, -0.2) is 14.8 Å². The quantitative estimate of drug-likeness (QED) is 0.246. The molecule has 0 aliphatic heterocycles. The molecule has 12 heteroatoms. The van der Waals surface area contributed by atoms with Crippen LogP contribution in [0.3, 0.4) is 0 Å². The molecule has 5 rings (SSSR count). The Hall–Kier alpha value is -4.58. The van der Waals surface area contributed by atoms with Crippen LogP contribution in [0.15, 0.2) is 60.9 Å². The lowest BCUT2D eigenvalue weighted by Crippen LogP contribution is -2.31. The van der Waals surface area contributed by atoms with Gasteiger partial charge >= 0.3 is 12.1 Å². The lowest BCUT2D eigenvalue weighted by atomic mass is 10.1. The van der Waals surface area contributed by atoms with Gasteiger partial charge in [-0.05, 0) is 23.3 Å². The number of nitrogens with zero attached hydrogens (tertiary/aromatic N) is 3. The smallest absolute Gasteiger partial charge is 0.490 e. The Labute approximate surface area is 226 Å². The maximum absolute atomic E-state index is 12.9. The fraction of sp³-hybridized carbons (Fsp3) is 0.250. The van der Waals surface area contributed by atoms with Crippen molar-refractivity contribution in [2.75, 3.05) is 20.8 Å². The average Bonchev–Trinajstić information content (AvgIpc) is 3.52. The molecule has 1 unspecified atom stereocenters. The van der Waals surface area contributed by atoms with Gasteiger partial charge in [0.2, 0.25) is 0 Å². The van der Waals surface area contributed by atoms with Crippen molar-refractivity contribution in [1.29, 1.82) is 0 Å². The second kappa shape index (κ2) is 10.9. The molecule has 4 aromatic heterocycles. The van der Waals surface area contributed by atoms with Gasteiger partial charge in [-0.15, -0.1) is 0 Å². The number of nitrogens with one attached hydrogen (secondary N) is 2. The molecule has 0 amide bonds. The number of methoxy groups -OCH3 is 2. The fourth-order valence-corrected chi connectivity index (χ4v) is 4.56. The Balaban J connectivity index is 1.41. The van der Waals surface area contributed by atoms with E-state index < -0.39 is 18.2 Å². The van der Waals surface area contributed by atoms with E-state index in [4.69, 9.17) is 14.2 Å².